The minimum absolute atomic E-state index is 0.0660. The lowest BCUT2D eigenvalue weighted by atomic mass is 10.0. The molecule has 1 aliphatic heterocycles. The van der Waals surface area contributed by atoms with Gasteiger partial charge >= 0.3 is 0 Å². The molecule has 1 aromatic carbocycles. The van der Waals surface area contributed by atoms with Crippen LogP contribution in [0.25, 0.3) is 0 Å². The topological polar surface area (TPSA) is 32.3 Å². The number of halogens is 2. The highest BCUT2D eigenvalue weighted by molar-refractivity contribution is 5.76. The number of anilines is 1. The summed E-state index contributed by atoms with van der Waals surface area (Å²) in [5.74, 6) is -1.60. The largest absolute Gasteiger partial charge is 0.380 e. The van der Waals surface area contributed by atoms with Crippen LogP contribution in [0.4, 0.5) is 14.5 Å². The molecule has 1 N–H and O–H groups in total. The van der Waals surface area contributed by atoms with E-state index in [4.69, 9.17) is 0 Å². The fourth-order valence-electron chi connectivity index (χ4n) is 2.53. The molecule has 0 spiro atoms. The minimum atomic E-state index is -0.866. The van der Waals surface area contributed by atoms with Crippen LogP contribution in [0.15, 0.2) is 30.9 Å². The Hall–Kier alpha value is -1.91. The Bertz CT molecular complexity index is 519. The van der Waals surface area contributed by atoms with Crippen LogP contribution >= 0.6 is 0 Å². The van der Waals surface area contributed by atoms with Gasteiger partial charge in [-0.1, -0.05) is 6.08 Å². The first kappa shape index (κ1) is 15.5. The highest BCUT2D eigenvalue weighted by Crippen LogP contribution is 2.19. The number of amides is 1. The molecule has 1 fully saturated rings. The van der Waals surface area contributed by atoms with Crippen molar-refractivity contribution in [3.63, 3.8) is 0 Å². The first-order chi connectivity index (χ1) is 10.1. The van der Waals surface area contributed by atoms with E-state index >= 15 is 0 Å². The third-order valence-electron chi connectivity index (χ3n) is 3.63. The summed E-state index contributed by atoms with van der Waals surface area (Å²) in [6.07, 6.45) is 4.70. The summed E-state index contributed by atoms with van der Waals surface area (Å²) in [4.78, 5) is 13.8. The van der Waals surface area contributed by atoms with Gasteiger partial charge in [-0.15, -0.1) is 6.58 Å². The van der Waals surface area contributed by atoms with Crippen LogP contribution in [0.1, 0.15) is 25.7 Å². The average molecular weight is 294 g/mol. The molecule has 1 unspecified atom stereocenters. The standard InChI is InChI=1S/C16H20F2N2O/c1-2-3-6-16(21)20-9-4-5-13(11-20)19-12-7-8-14(17)15(18)10-12/h2,7-8,10,13,19H,1,3-6,9,11H2. The zero-order chi connectivity index (χ0) is 15.2. The van der Waals surface area contributed by atoms with Crippen LogP contribution in [0, 0.1) is 11.6 Å². The Kier molecular flexibility index (Phi) is 5.31. The quantitative estimate of drug-likeness (QED) is 0.845. The number of carbonyl (C=O) groups is 1. The smallest absolute Gasteiger partial charge is 0.222 e. The number of hydrogen-bond acceptors (Lipinski definition) is 2. The van der Waals surface area contributed by atoms with Crippen molar-refractivity contribution >= 4 is 11.6 Å². The van der Waals surface area contributed by atoms with Gasteiger partial charge in [-0.05, 0) is 31.4 Å². The van der Waals surface area contributed by atoms with Gasteiger partial charge in [0.1, 0.15) is 0 Å². The predicted molar refractivity (Wildman–Crippen MR) is 79.0 cm³/mol. The molecule has 0 saturated carbocycles. The molecule has 3 nitrogen and oxygen atoms in total. The molecule has 0 aromatic heterocycles. The molecule has 1 atom stereocenters. The van der Waals surface area contributed by atoms with Crippen molar-refractivity contribution in [1.29, 1.82) is 0 Å². The van der Waals surface area contributed by atoms with Gasteiger partial charge in [-0.2, -0.15) is 0 Å². The number of carbonyl (C=O) groups excluding carboxylic acids is 1. The highest BCUT2D eigenvalue weighted by atomic mass is 19.2. The first-order valence-corrected chi connectivity index (χ1v) is 7.20. The van der Waals surface area contributed by atoms with E-state index in [1.165, 1.54) is 6.07 Å². The molecule has 1 heterocycles. The van der Waals surface area contributed by atoms with Gasteiger partial charge in [-0.25, -0.2) is 8.78 Å². The van der Waals surface area contributed by atoms with Crippen LogP contribution < -0.4 is 5.32 Å². The summed E-state index contributed by atoms with van der Waals surface area (Å²) in [5.41, 5.74) is 0.541. The maximum absolute atomic E-state index is 13.2. The average Bonchev–Trinajstić information content (AvgIpc) is 2.49. The van der Waals surface area contributed by atoms with Crippen molar-refractivity contribution < 1.29 is 13.6 Å². The lowest BCUT2D eigenvalue weighted by Gasteiger charge is -2.33. The van der Waals surface area contributed by atoms with E-state index < -0.39 is 11.6 Å². The maximum Gasteiger partial charge on any atom is 0.222 e. The van der Waals surface area contributed by atoms with Gasteiger partial charge in [0.15, 0.2) is 11.6 Å². The molecule has 2 rings (SSSR count). The molecule has 0 bridgehead atoms. The van der Waals surface area contributed by atoms with Crippen LogP contribution in [-0.4, -0.2) is 29.9 Å². The van der Waals surface area contributed by atoms with E-state index in [2.05, 4.69) is 11.9 Å². The van der Waals surface area contributed by atoms with Crippen LogP contribution in [-0.2, 0) is 4.79 Å². The number of benzene rings is 1. The fourth-order valence-corrected chi connectivity index (χ4v) is 2.53. The van der Waals surface area contributed by atoms with E-state index in [9.17, 15) is 13.6 Å². The van der Waals surface area contributed by atoms with E-state index in [0.717, 1.165) is 31.5 Å². The lowest BCUT2D eigenvalue weighted by Crippen LogP contribution is -2.45. The second-order valence-electron chi connectivity index (χ2n) is 5.28. The van der Waals surface area contributed by atoms with Gasteiger partial charge in [0.05, 0.1) is 0 Å². The van der Waals surface area contributed by atoms with E-state index in [1.54, 1.807) is 6.08 Å². The van der Waals surface area contributed by atoms with E-state index in [0.29, 0.717) is 25.1 Å². The van der Waals surface area contributed by atoms with Crippen LogP contribution in [0.3, 0.4) is 0 Å². The first-order valence-electron chi connectivity index (χ1n) is 7.20. The number of likely N-dealkylation sites (tertiary alicyclic amines) is 1. The summed E-state index contributed by atoms with van der Waals surface area (Å²) >= 11 is 0. The highest BCUT2D eigenvalue weighted by Gasteiger charge is 2.23. The van der Waals surface area contributed by atoms with Gasteiger partial charge in [0.25, 0.3) is 0 Å². The van der Waals surface area contributed by atoms with Gasteiger partial charge in [-0.3, -0.25) is 4.79 Å². The molecule has 1 aromatic rings. The second kappa shape index (κ2) is 7.20. The molecular formula is C16H20F2N2O. The molecule has 21 heavy (non-hydrogen) atoms. The summed E-state index contributed by atoms with van der Waals surface area (Å²) < 4.78 is 26.1. The number of piperidine rings is 1. The van der Waals surface area contributed by atoms with Gasteiger partial charge in [0.2, 0.25) is 5.91 Å². The Labute approximate surface area is 123 Å². The summed E-state index contributed by atoms with van der Waals surface area (Å²) in [6.45, 7) is 4.96. The predicted octanol–water partition coefficient (Wildman–Crippen LogP) is 3.33. The fraction of sp³-hybridized carbons (Fsp3) is 0.438. The molecule has 1 aliphatic rings. The van der Waals surface area contributed by atoms with Crippen molar-refractivity contribution in [2.24, 2.45) is 0 Å². The van der Waals surface area contributed by atoms with E-state index in [-0.39, 0.29) is 11.9 Å². The normalized spacial score (nSPS) is 18.4. The van der Waals surface area contributed by atoms with Gasteiger partial charge in [0, 0.05) is 37.3 Å². The summed E-state index contributed by atoms with van der Waals surface area (Å²) in [6, 6.07) is 3.83. The van der Waals surface area contributed by atoms with Crippen molar-refractivity contribution in [3.8, 4) is 0 Å². The third kappa shape index (κ3) is 4.28. The maximum atomic E-state index is 13.2. The van der Waals surface area contributed by atoms with Gasteiger partial charge < -0.3 is 10.2 Å². The number of allylic oxidation sites excluding steroid dienone is 1. The Morgan fingerprint density at radius 1 is 1.43 bits per heavy atom. The third-order valence-corrected chi connectivity index (χ3v) is 3.63. The Morgan fingerprint density at radius 2 is 2.24 bits per heavy atom. The Morgan fingerprint density at radius 3 is 2.95 bits per heavy atom. The molecule has 1 amide bonds. The zero-order valence-corrected chi connectivity index (χ0v) is 11.9. The second-order valence-corrected chi connectivity index (χ2v) is 5.28. The molecule has 0 aliphatic carbocycles. The number of hydrogen-bond donors (Lipinski definition) is 1. The molecule has 114 valence electrons. The van der Waals surface area contributed by atoms with Crippen molar-refractivity contribution in [2.45, 2.75) is 31.7 Å². The minimum Gasteiger partial charge on any atom is -0.380 e. The molecule has 1 saturated heterocycles. The van der Waals surface area contributed by atoms with E-state index in [1.807, 2.05) is 4.90 Å². The SMILES string of the molecule is C=CCCC(=O)N1CCCC(Nc2ccc(F)c(F)c2)C1. The number of nitrogens with one attached hydrogen (secondary N) is 1. The van der Waals surface area contributed by atoms with Crippen molar-refractivity contribution in [1.82, 2.24) is 4.90 Å². The molecular weight excluding hydrogens is 274 g/mol. The van der Waals surface area contributed by atoms with Crippen LogP contribution in [0.2, 0.25) is 0 Å². The number of nitrogens with zero attached hydrogens (tertiary/aromatic N) is 1. The number of rotatable bonds is 5. The van der Waals surface area contributed by atoms with Crippen molar-refractivity contribution in [2.75, 3.05) is 18.4 Å². The summed E-state index contributed by atoms with van der Waals surface area (Å²) in [5, 5.41) is 3.17. The monoisotopic (exact) mass is 294 g/mol. The zero-order valence-electron chi connectivity index (χ0n) is 11.9. The van der Waals surface area contributed by atoms with Crippen LogP contribution in [0.5, 0.6) is 0 Å². The van der Waals surface area contributed by atoms with Crippen molar-refractivity contribution in [3.05, 3.63) is 42.5 Å². The molecule has 5 heteroatoms. The lowest BCUT2D eigenvalue weighted by molar-refractivity contribution is -0.132. The molecule has 0 radical (unpaired) electrons. The summed E-state index contributed by atoms with van der Waals surface area (Å²) in [7, 11) is 0. The Balaban J connectivity index is 1.93.